The molecule has 1 saturated carbocycles. The summed E-state index contributed by atoms with van der Waals surface area (Å²) >= 11 is 0. The van der Waals surface area contributed by atoms with E-state index in [-0.39, 0.29) is 25.0 Å². The molecular weight excluding hydrogens is 359 g/mol. The SMILES string of the molecule is CC(C)(C)OC(=O)N1CCc2cc(O[C@H]3CC[C@H](C(F)(F)F)CC3)ccc21. The zero-order valence-electron chi connectivity index (χ0n) is 15.9. The number of hydrogen-bond acceptors (Lipinski definition) is 3. The van der Waals surface area contributed by atoms with E-state index in [1.165, 1.54) is 0 Å². The van der Waals surface area contributed by atoms with Crippen molar-refractivity contribution in [1.29, 1.82) is 0 Å². The zero-order chi connectivity index (χ0) is 19.8. The molecule has 27 heavy (non-hydrogen) atoms. The van der Waals surface area contributed by atoms with Gasteiger partial charge in [0.25, 0.3) is 0 Å². The van der Waals surface area contributed by atoms with Crippen LogP contribution in [0.3, 0.4) is 0 Å². The number of fused-ring (bicyclic) bond motifs is 1. The van der Waals surface area contributed by atoms with E-state index in [2.05, 4.69) is 0 Å². The van der Waals surface area contributed by atoms with E-state index < -0.39 is 17.7 Å². The van der Waals surface area contributed by atoms with Crippen LogP contribution in [0.4, 0.5) is 23.7 Å². The first kappa shape index (κ1) is 19.8. The van der Waals surface area contributed by atoms with Crippen LogP contribution in [-0.4, -0.2) is 30.5 Å². The molecule has 0 saturated heterocycles. The topological polar surface area (TPSA) is 38.8 Å². The van der Waals surface area contributed by atoms with Crippen molar-refractivity contribution in [3.8, 4) is 5.75 Å². The Morgan fingerprint density at radius 1 is 1.11 bits per heavy atom. The Labute approximate surface area is 157 Å². The average Bonchev–Trinajstić information content (AvgIpc) is 2.96. The number of rotatable bonds is 2. The number of nitrogens with zero attached hydrogens (tertiary/aromatic N) is 1. The Hall–Kier alpha value is -1.92. The lowest BCUT2D eigenvalue weighted by molar-refractivity contribution is -0.185. The number of amides is 1. The first-order chi connectivity index (χ1) is 12.5. The van der Waals surface area contributed by atoms with Crippen molar-refractivity contribution >= 4 is 11.8 Å². The molecule has 0 radical (unpaired) electrons. The Bertz CT molecular complexity index is 689. The molecule has 1 fully saturated rings. The Morgan fingerprint density at radius 2 is 1.78 bits per heavy atom. The monoisotopic (exact) mass is 385 g/mol. The molecule has 2 aliphatic rings. The number of carbonyl (C=O) groups is 1. The highest BCUT2D eigenvalue weighted by molar-refractivity contribution is 5.90. The summed E-state index contributed by atoms with van der Waals surface area (Å²) in [7, 11) is 0. The second-order valence-electron chi connectivity index (χ2n) is 8.31. The number of carbonyl (C=O) groups excluding carboxylic acids is 1. The van der Waals surface area contributed by atoms with E-state index in [9.17, 15) is 18.0 Å². The molecule has 1 aromatic rings. The highest BCUT2D eigenvalue weighted by Gasteiger charge is 2.41. The molecule has 0 spiro atoms. The molecule has 0 aromatic heterocycles. The predicted octanol–water partition coefficient (Wildman–Crippen LogP) is 5.48. The van der Waals surface area contributed by atoms with Crippen LogP contribution in [0.2, 0.25) is 0 Å². The summed E-state index contributed by atoms with van der Waals surface area (Å²) in [5.41, 5.74) is 1.23. The number of anilines is 1. The Balaban J connectivity index is 1.60. The first-order valence-corrected chi connectivity index (χ1v) is 9.40. The van der Waals surface area contributed by atoms with Crippen LogP contribution < -0.4 is 9.64 Å². The molecule has 0 unspecified atom stereocenters. The number of benzene rings is 1. The molecule has 0 bridgehead atoms. The Kier molecular flexibility index (Phi) is 5.32. The summed E-state index contributed by atoms with van der Waals surface area (Å²) in [6.07, 6.45) is -2.92. The number of ether oxygens (including phenoxy) is 2. The van der Waals surface area contributed by atoms with Gasteiger partial charge in [-0.1, -0.05) is 0 Å². The highest BCUT2D eigenvalue weighted by atomic mass is 19.4. The van der Waals surface area contributed by atoms with E-state index in [0.29, 0.717) is 31.6 Å². The lowest BCUT2D eigenvalue weighted by Gasteiger charge is -2.30. The quantitative estimate of drug-likeness (QED) is 0.676. The molecule has 7 heteroatoms. The molecule has 150 valence electrons. The summed E-state index contributed by atoms with van der Waals surface area (Å²) in [6, 6.07) is 5.48. The van der Waals surface area contributed by atoms with Gasteiger partial charge in [0.1, 0.15) is 11.4 Å². The molecule has 1 amide bonds. The lowest BCUT2D eigenvalue weighted by atomic mass is 9.87. The predicted molar refractivity (Wildman–Crippen MR) is 96.2 cm³/mol. The van der Waals surface area contributed by atoms with Crippen molar-refractivity contribution in [2.45, 2.75) is 70.8 Å². The maximum Gasteiger partial charge on any atom is 0.414 e. The van der Waals surface area contributed by atoms with Gasteiger partial charge in [-0.2, -0.15) is 13.2 Å². The summed E-state index contributed by atoms with van der Waals surface area (Å²) in [5.74, 6) is -0.560. The van der Waals surface area contributed by atoms with Gasteiger partial charge in [0, 0.05) is 6.54 Å². The van der Waals surface area contributed by atoms with E-state index in [1.54, 1.807) is 11.0 Å². The van der Waals surface area contributed by atoms with Gasteiger partial charge < -0.3 is 9.47 Å². The van der Waals surface area contributed by atoms with E-state index in [4.69, 9.17) is 9.47 Å². The fourth-order valence-corrected chi connectivity index (χ4v) is 3.66. The minimum Gasteiger partial charge on any atom is -0.490 e. The molecule has 1 aliphatic heterocycles. The molecule has 1 aliphatic carbocycles. The number of hydrogen-bond donors (Lipinski definition) is 0. The van der Waals surface area contributed by atoms with Crippen molar-refractivity contribution in [1.82, 2.24) is 0 Å². The van der Waals surface area contributed by atoms with Crippen molar-refractivity contribution in [2.75, 3.05) is 11.4 Å². The van der Waals surface area contributed by atoms with E-state index in [0.717, 1.165) is 11.3 Å². The van der Waals surface area contributed by atoms with Gasteiger partial charge in [-0.3, -0.25) is 4.90 Å². The Morgan fingerprint density at radius 3 is 2.37 bits per heavy atom. The summed E-state index contributed by atoms with van der Waals surface area (Å²) in [5, 5.41) is 0. The van der Waals surface area contributed by atoms with Crippen LogP contribution in [0.5, 0.6) is 5.75 Å². The molecule has 3 rings (SSSR count). The minimum absolute atomic E-state index is 0.117. The van der Waals surface area contributed by atoms with Crippen LogP contribution in [0.25, 0.3) is 0 Å². The van der Waals surface area contributed by atoms with E-state index >= 15 is 0 Å². The van der Waals surface area contributed by atoms with Gasteiger partial charge in [0.2, 0.25) is 0 Å². The van der Waals surface area contributed by atoms with Gasteiger partial charge in [-0.25, -0.2) is 4.79 Å². The fraction of sp³-hybridized carbons (Fsp3) is 0.650. The summed E-state index contributed by atoms with van der Waals surface area (Å²) < 4.78 is 49.6. The van der Waals surface area contributed by atoms with Crippen molar-refractivity contribution < 1.29 is 27.4 Å². The molecule has 1 aromatic carbocycles. The second kappa shape index (κ2) is 7.24. The standard InChI is InChI=1S/C20H26F3NO3/c1-19(2,3)27-18(25)24-11-10-13-12-16(8-9-17(13)24)26-15-6-4-14(5-7-15)20(21,22)23/h8-9,12,14-15H,4-7,10-11H2,1-3H3/t14-,15-. The van der Waals surface area contributed by atoms with Crippen LogP contribution in [0, 0.1) is 5.92 Å². The fourth-order valence-electron chi connectivity index (χ4n) is 3.66. The van der Waals surface area contributed by atoms with Gasteiger partial charge in [-0.15, -0.1) is 0 Å². The normalized spacial score (nSPS) is 23.1. The van der Waals surface area contributed by atoms with Gasteiger partial charge in [0.05, 0.1) is 17.7 Å². The van der Waals surface area contributed by atoms with Crippen molar-refractivity contribution in [3.05, 3.63) is 23.8 Å². The van der Waals surface area contributed by atoms with Crippen LogP contribution in [0.1, 0.15) is 52.0 Å². The first-order valence-electron chi connectivity index (χ1n) is 9.40. The summed E-state index contributed by atoms with van der Waals surface area (Å²) in [4.78, 5) is 13.9. The van der Waals surface area contributed by atoms with Crippen molar-refractivity contribution in [2.24, 2.45) is 5.92 Å². The third kappa shape index (κ3) is 4.87. The highest BCUT2D eigenvalue weighted by Crippen LogP contribution is 2.39. The van der Waals surface area contributed by atoms with Crippen LogP contribution >= 0.6 is 0 Å². The number of halogens is 3. The average molecular weight is 385 g/mol. The van der Waals surface area contributed by atoms with Gasteiger partial charge >= 0.3 is 12.3 Å². The van der Waals surface area contributed by atoms with Crippen LogP contribution in [-0.2, 0) is 11.2 Å². The molecule has 0 atom stereocenters. The molecular formula is C20H26F3NO3. The second-order valence-corrected chi connectivity index (χ2v) is 8.31. The zero-order valence-corrected chi connectivity index (χ0v) is 15.9. The smallest absolute Gasteiger partial charge is 0.414 e. The largest absolute Gasteiger partial charge is 0.490 e. The summed E-state index contributed by atoms with van der Waals surface area (Å²) in [6.45, 7) is 6.02. The van der Waals surface area contributed by atoms with Crippen LogP contribution in [0.15, 0.2) is 18.2 Å². The molecule has 1 heterocycles. The number of alkyl halides is 3. The van der Waals surface area contributed by atoms with Gasteiger partial charge in [0.15, 0.2) is 0 Å². The lowest BCUT2D eigenvalue weighted by Crippen LogP contribution is -2.35. The third-order valence-corrected chi connectivity index (χ3v) is 5.00. The third-order valence-electron chi connectivity index (χ3n) is 5.00. The van der Waals surface area contributed by atoms with E-state index in [1.807, 2.05) is 32.9 Å². The maximum atomic E-state index is 12.8. The van der Waals surface area contributed by atoms with Crippen molar-refractivity contribution in [3.63, 3.8) is 0 Å². The minimum atomic E-state index is -4.11. The van der Waals surface area contributed by atoms with Gasteiger partial charge in [-0.05, 0) is 76.6 Å². The maximum absolute atomic E-state index is 12.8. The molecule has 0 N–H and O–H groups in total. The molecule has 4 nitrogen and oxygen atoms in total.